The van der Waals surface area contributed by atoms with Gasteiger partial charge < -0.3 is 5.32 Å². The fourth-order valence-corrected chi connectivity index (χ4v) is 2.93. The second kappa shape index (κ2) is 6.86. The Bertz CT molecular complexity index is 624. The molecule has 1 heterocycles. The number of benzene rings is 2. The van der Waals surface area contributed by atoms with Gasteiger partial charge in [-0.3, -0.25) is 4.90 Å². The monoisotopic (exact) mass is 330 g/mol. The van der Waals surface area contributed by atoms with Crippen molar-refractivity contribution in [3.8, 4) is 0 Å². The predicted octanol–water partition coefficient (Wildman–Crippen LogP) is 3.77. The van der Waals surface area contributed by atoms with Crippen molar-refractivity contribution in [3.05, 3.63) is 48.0 Å². The fraction of sp³-hybridized carbons (Fsp3) is 0.375. The normalized spacial score (nSPS) is 18.0. The summed E-state index contributed by atoms with van der Waals surface area (Å²) < 4.78 is 40.6. The third kappa shape index (κ3) is 3.54. The summed E-state index contributed by atoms with van der Waals surface area (Å²) >= 11 is 0. The molecule has 1 atom stereocenters. The van der Waals surface area contributed by atoms with Crippen LogP contribution >= 0.6 is 12.4 Å². The van der Waals surface area contributed by atoms with Gasteiger partial charge in [-0.2, -0.15) is 13.2 Å². The first kappa shape index (κ1) is 17.1. The third-order valence-corrected chi connectivity index (χ3v) is 3.92. The van der Waals surface area contributed by atoms with Crippen molar-refractivity contribution in [1.82, 2.24) is 10.2 Å². The smallest absolute Gasteiger partial charge is 0.314 e. The van der Waals surface area contributed by atoms with Crippen LogP contribution in [-0.4, -0.2) is 37.3 Å². The minimum absolute atomic E-state index is 0. The van der Waals surface area contributed by atoms with Crippen LogP contribution in [0.3, 0.4) is 0 Å². The molecule has 0 aromatic heterocycles. The van der Waals surface area contributed by atoms with Crippen LogP contribution < -0.4 is 5.32 Å². The molecule has 0 aliphatic carbocycles. The lowest BCUT2D eigenvalue weighted by Crippen LogP contribution is -2.49. The van der Waals surface area contributed by atoms with E-state index in [0.29, 0.717) is 31.7 Å². The molecule has 0 bridgehead atoms. The fourth-order valence-electron chi connectivity index (χ4n) is 2.93. The maximum atomic E-state index is 13.5. The zero-order valence-corrected chi connectivity index (χ0v) is 12.8. The SMILES string of the molecule is Cl.FC(F)(F)[C@@H](c1ccc2ccccc2c1)N1CCNCC1. The molecule has 2 aromatic rings. The second-order valence-corrected chi connectivity index (χ2v) is 5.34. The number of fused-ring (bicyclic) bond motifs is 1. The lowest BCUT2D eigenvalue weighted by molar-refractivity contribution is -0.187. The molecular weight excluding hydrogens is 313 g/mol. The summed E-state index contributed by atoms with van der Waals surface area (Å²) in [4.78, 5) is 1.51. The van der Waals surface area contributed by atoms with E-state index in [-0.39, 0.29) is 12.4 Å². The molecular formula is C16H18ClF3N2. The number of hydrogen-bond donors (Lipinski definition) is 1. The Hall–Kier alpha value is -1.30. The van der Waals surface area contributed by atoms with Gasteiger partial charge in [0.2, 0.25) is 0 Å². The molecule has 22 heavy (non-hydrogen) atoms. The minimum Gasteiger partial charge on any atom is -0.314 e. The van der Waals surface area contributed by atoms with Gasteiger partial charge in [0.25, 0.3) is 0 Å². The van der Waals surface area contributed by atoms with E-state index < -0.39 is 12.2 Å². The Labute approximate surface area is 133 Å². The van der Waals surface area contributed by atoms with Crippen molar-refractivity contribution in [3.63, 3.8) is 0 Å². The van der Waals surface area contributed by atoms with E-state index in [9.17, 15) is 13.2 Å². The van der Waals surface area contributed by atoms with E-state index >= 15 is 0 Å². The van der Waals surface area contributed by atoms with Crippen molar-refractivity contribution < 1.29 is 13.2 Å². The lowest BCUT2D eigenvalue weighted by atomic mass is 10.00. The van der Waals surface area contributed by atoms with Gasteiger partial charge in [-0.25, -0.2) is 0 Å². The summed E-state index contributed by atoms with van der Waals surface area (Å²) in [5.41, 5.74) is 0.322. The average Bonchev–Trinajstić information content (AvgIpc) is 2.47. The molecule has 1 aliphatic heterocycles. The number of piperazine rings is 1. The Morgan fingerprint density at radius 3 is 2.23 bits per heavy atom. The predicted molar refractivity (Wildman–Crippen MR) is 84.4 cm³/mol. The number of nitrogens with zero attached hydrogens (tertiary/aromatic N) is 1. The quantitative estimate of drug-likeness (QED) is 0.901. The minimum atomic E-state index is -4.26. The van der Waals surface area contributed by atoms with Crippen LogP contribution in [0.1, 0.15) is 11.6 Å². The number of hydrogen-bond acceptors (Lipinski definition) is 2. The van der Waals surface area contributed by atoms with Gasteiger partial charge in [0, 0.05) is 26.2 Å². The molecule has 0 unspecified atom stereocenters. The molecule has 0 spiro atoms. The van der Waals surface area contributed by atoms with Gasteiger partial charge in [0.1, 0.15) is 6.04 Å². The Morgan fingerprint density at radius 1 is 0.955 bits per heavy atom. The highest BCUT2D eigenvalue weighted by Gasteiger charge is 2.44. The first-order chi connectivity index (χ1) is 10.1. The van der Waals surface area contributed by atoms with Gasteiger partial charge in [-0.15, -0.1) is 12.4 Å². The molecule has 2 nitrogen and oxygen atoms in total. The molecule has 0 saturated carbocycles. The first-order valence-electron chi connectivity index (χ1n) is 7.06. The van der Waals surface area contributed by atoms with Crippen molar-refractivity contribution in [2.75, 3.05) is 26.2 Å². The molecule has 1 N–H and O–H groups in total. The van der Waals surface area contributed by atoms with E-state index in [1.165, 1.54) is 4.90 Å². The largest absolute Gasteiger partial charge is 0.408 e. The highest BCUT2D eigenvalue weighted by Crippen LogP contribution is 2.38. The Morgan fingerprint density at radius 2 is 1.59 bits per heavy atom. The molecule has 2 aromatic carbocycles. The van der Waals surface area contributed by atoms with Crippen LogP contribution in [0.15, 0.2) is 42.5 Å². The highest BCUT2D eigenvalue weighted by atomic mass is 35.5. The van der Waals surface area contributed by atoms with Crippen LogP contribution in [0.4, 0.5) is 13.2 Å². The molecule has 1 saturated heterocycles. The summed E-state index contributed by atoms with van der Waals surface area (Å²) in [5.74, 6) is 0. The number of halogens is 4. The standard InChI is InChI=1S/C16H17F3N2.ClH/c17-16(18,19)15(21-9-7-20-8-10-21)14-6-5-12-3-1-2-4-13(12)11-14;/h1-6,11,15,20H,7-10H2;1H/t15-;/m1./s1. The van der Waals surface area contributed by atoms with E-state index in [1.807, 2.05) is 24.3 Å². The lowest BCUT2D eigenvalue weighted by Gasteiger charge is -2.36. The number of alkyl halides is 3. The van der Waals surface area contributed by atoms with Crippen LogP contribution in [0.2, 0.25) is 0 Å². The first-order valence-corrected chi connectivity index (χ1v) is 7.06. The van der Waals surface area contributed by atoms with Gasteiger partial charge in [-0.05, 0) is 22.4 Å². The summed E-state index contributed by atoms with van der Waals surface area (Å²) in [6.07, 6.45) is -4.26. The van der Waals surface area contributed by atoms with Crippen LogP contribution in [0, 0.1) is 0 Å². The van der Waals surface area contributed by atoms with Crippen LogP contribution in [0.5, 0.6) is 0 Å². The van der Waals surface area contributed by atoms with Gasteiger partial charge >= 0.3 is 6.18 Å². The Balaban J connectivity index is 0.00000176. The summed E-state index contributed by atoms with van der Waals surface area (Å²) in [5, 5.41) is 4.90. The summed E-state index contributed by atoms with van der Waals surface area (Å²) in [6.45, 7) is 2.02. The zero-order valence-electron chi connectivity index (χ0n) is 11.9. The van der Waals surface area contributed by atoms with Gasteiger partial charge in [-0.1, -0.05) is 36.4 Å². The van der Waals surface area contributed by atoms with E-state index in [2.05, 4.69) is 5.32 Å². The maximum absolute atomic E-state index is 13.5. The van der Waals surface area contributed by atoms with Crippen molar-refractivity contribution in [1.29, 1.82) is 0 Å². The molecule has 0 radical (unpaired) electrons. The van der Waals surface area contributed by atoms with Gasteiger partial charge in [0.15, 0.2) is 0 Å². The van der Waals surface area contributed by atoms with Crippen molar-refractivity contribution in [2.24, 2.45) is 0 Å². The second-order valence-electron chi connectivity index (χ2n) is 5.34. The molecule has 6 heteroatoms. The Kier molecular flexibility index (Phi) is 5.32. The van der Waals surface area contributed by atoms with Crippen molar-refractivity contribution >= 4 is 23.2 Å². The number of nitrogens with one attached hydrogen (secondary N) is 1. The molecule has 3 rings (SSSR count). The van der Waals surface area contributed by atoms with Crippen molar-refractivity contribution in [2.45, 2.75) is 12.2 Å². The molecule has 1 fully saturated rings. The summed E-state index contributed by atoms with van der Waals surface area (Å²) in [7, 11) is 0. The van der Waals surface area contributed by atoms with E-state index in [1.54, 1.807) is 18.2 Å². The highest BCUT2D eigenvalue weighted by molar-refractivity contribution is 5.85. The third-order valence-electron chi connectivity index (χ3n) is 3.92. The van der Waals surface area contributed by atoms with Crippen LogP contribution in [0.25, 0.3) is 10.8 Å². The molecule has 1 aliphatic rings. The topological polar surface area (TPSA) is 15.3 Å². The van der Waals surface area contributed by atoms with E-state index in [0.717, 1.165) is 10.8 Å². The van der Waals surface area contributed by atoms with Crippen LogP contribution in [-0.2, 0) is 0 Å². The van der Waals surface area contributed by atoms with E-state index in [4.69, 9.17) is 0 Å². The molecule has 0 amide bonds. The number of rotatable bonds is 2. The maximum Gasteiger partial charge on any atom is 0.408 e. The summed E-state index contributed by atoms with van der Waals surface area (Å²) in [6, 6.07) is 11.0. The average molecular weight is 331 g/mol. The van der Waals surface area contributed by atoms with Gasteiger partial charge in [0.05, 0.1) is 0 Å². The zero-order chi connectivity index (χ0) is 14.9. The molecule has 120 valence electrons.